The Morgan fingerprint density at radius 3 is 2.16 bits per heavy atom. The number of amides is 1. The molecule has 2 N–H and O–H groups in total. The number of hydrogen-bond acceptors (Lipinski definition) is 4. The van der Waals surface area contributed by atoms with Crippen molar-refractivity contribution in [2.24, 2.45) is 5.73 Å². The standard InChI is InChI=1S/C20H31N3O2/c1-15(16-5-7-17(8-6-16)20(21)9-10-20)22-11-13-23(14-12-22)18(24)25-19(2,3)4/h5-8,15H,9-14,21H2,1-4H3. The van der Waals surface area contributed by atoms with Gasteiger partial charge in [-0.05, 0) is 51.7 Å². The van der Waals surface area contributed by atoms with E-state index >= 15 is 0 Å². The summed E-state index contributed by atoms with van der Waals surface area (Å²) in [7, 11) is 0. The summed E-state index contributed by atoms with van der Waals surface area (Å²) in [6.45, 7) is 11.1. The molecular weight excluding hydrogens is 314 g/mol. The van der Waals surface area contributed by atoms with Crippen LogP contribution in [0.3, 0.4) is 0 Å². The van der Waals surface area contributed by atoms with Crippen LogP contribution >= 0.6 is 0 Å². The van der Waals surface area contributed by atoms with Gasteiger partial charge < -0.3 is 15.4 Å². The first kappa shape index (κ1) is 18.2. The Balaban J connectivity index is 1.54. The molecule has 1 aromatic rings. The van der Waals surface area contributed by atoms with Crippen molar-refractivity contribution < 1.29 is 9.53 Å². The van der Waals surface area contributed by atoms with E-state index in [9.17, 15) is 4.79 Å². The van der Waals surface area contributed by atoms with E-state index in [-0.39, 0.29) is 11.6 Å². The molecule has 1 saturated heterocycles. The van der Waals surface area contributed by atoms with Gasteiger partial charge in [0.15, 0.2) is 0 Å². The summed E-state index contributed by atoms with van der Waals surface area (Å²) >= 11 is 0. The van der Waals surface area contributed by atoms with Gasteiger partial charge in [0.2, 0.25) is 0 Å². The zero-order valence-electron chi connectivity index (χ0n) is 15.9. The van der Waals surface area contributed by atoms with Crippen molar-refractivity contribution in [3.05, 3.63) is 35.4 Å². The average molecular weight is 345 g/mol. The van der Waals surface area contributed by atoms with Gasteiger partial charge in [0.05, 0.1) is 0 Å². The maximum Gasteiger partial charge on any atom is 0.410 e. The second-order valence-corrected chi connectivity index (χ2v) is 8.46. The molecule has 1 aliphatic heterocycles. The van der Waals surface area contributed by atoms with E-state index in [1.807, 2.05) is 25.7 Å². The Bertz CT molecular complexity index is 609. The summed E-state index contributed by atoms with van der Waals surface area (Å²) < 4.78 is 5.47. The number of nitrogens with zero attached hydrogens (tertiary/aromatic N) is 2. The number of benzene rings is 1. The Morgan fingerprint density at radius 2 is 1.68 bits per heavy atom. The first-order chi connectivity index (χ1) is 11.7. The van der Waals surface area contributed by atoms with Gasteiger partial charge in [-0.15, -0.1) is 0 Å². The van der Waals surface area contributed by atoms with E-state index in [2.05, 4.69) is 36.1 Å². The van der Waals surface area contributed by atoms with Crippen molar-refractivity contribution in [3.63, 3.8) is 0 Å². The lowest BCUT2D eigenvalue weighted by Crippen LogP contribution is -2.50. The maximum atomic E-state index is 12.2. The fraction of sp³-hybridized carbons (Fsp3) is 0.650. The van der Waals surface area contributed by atoms with Crippen LogP contribution in [0.1, 0.15) is 57.7 Å². The first-order valence-electron chi connectivity index (χ1n) is 9.29. The highest BCUT2D eigenvalue weighted by Crippen LogP contribution is 2.42. The fourth-order valence-corrected chi connectivity index (χ4v) is 3.35. The lowest BCUT2D eigenvalue weighted by Gasteiger charge is -2.38. The minimum atomic E-state index is -0.439. The summed E-state index contributed by atoms with van der Waals surface area (Å²) in [5.41, 5.74) is 8.31. The lowest BCUT2D eigenvalue weighted by molar-refractivity contribution is 0.0110. The number of carbonyl (C=O) groups excluding carboxylic acids is 1. The molecule has 2 fully saturated rings. The molecule has 1 saturated carbocycles. The minimum absolute atomic E-state index is 0.0686. The van der Waals surface area contributed by atoms with E-state index in [1.165, 1.54) is 11.1 Å². The van der Waals surface area contributed by atoms with Crippen LogP contribution in [0.2, 0.25) is 0 Å². The lowest BCUT2D eigenvalue weighted by atomic mass is 10.00. The molecule has 1 heterocycles. The molecule has 5 heteroatoms. The predicted molar refractivity (Wildman–Crippen MR) is 99.3 cm³/mol. The van der Waals surface area contributed by atoms with Gasteiger partial charge in [0.1, 0.15) is 5.60 Å². The van der Waals surface area contributed by atoms with Crippen molar-refractivity contribution in [3.8, 4) is 0 Å². The Morgan fingerprint density at radius 1 is 1.12 bits per heavy atom. The van der Waals surface area contributed by atoms with Crippen LogP contribution in [0.25, 0.3) is 0 Å². The Kier molecular flexibility index (Phi) is 4.82. The van der Waals surface area contributed by atoms with Crippen molar-refractivity contribution in [1.82, 2.24) is 9.80 Å². The molecular formula is C20H31N3O2. The van der Waals surface area contributed by atoms with Crippen molar-refractivity contribution in [2.45, 2.75) is 57.7 Å². The molecule has 1 aliphatic carbocycles. The summed E-state index contributed by atoms with van der Waals surface area (Å²) in [6, 6.07) is 9.09. The van der Waals surface area contributed by atoms with Gasteiger partial charge in [-0.25, -0.2) is 4.79 Å². The van der Waals surface area contributed by atoms with Crippen LogP contribution in [-0.2, 0) is 10.3 Å². The van der Waals surface area contributed by atoms with Gasteiger partial charge in [0.25, 0.3) is 0 Å². The number of nitrogens with two attached hydrogens (primary N) is 1. The quantitative estimate of drug-likeness (QED) is 0.913. The molecule has 2 aliphatic rings. The zero-order chi connectivity index (χ0) is 18.2. The van der Waals surface area contributed by atoms with E-state index in [0.717, 1.165) is 25.9 Å². The molecule has 0 radical (unpaired) electrons. The molecule has 25 heavy (non-hydrogen) atoms. The first-order valence-corrected chi connectivity index (χ1v) is 9.29. The fourth-order valence-electron chi connectivity index (χ4n) is 3.35. The summed E-state index contributed by atoms with van der Waals surface area (Å²) in [6.07, 6.45) is 1.98. The van der Waals surface area contributed by atoms with Gasteiger partial charge in [-0.1, -0.05) is 24.3 Å². The summed E-state index contributed by atoms with van der Waals surface area (Å²) in [5, 5.41) is 0. The van der Waals surface area contributed by atoms with Gasteiger partial charge in [-0.3, -0.25) is 4.90 Å². The molecule has 1 unspecified atom stereocenters. The van der Waals surface area contributed by atoms with Crippen molar-refractivity contribution >= 4 is 6.09 Å². The van der Waals surface area contributed by atoms with Crippen LogP contribution < -0.4 is 5.73 Å². The molecule has 1 atom stereocenters. The molecule has 1 amide bonds. The molecule has 3 rings (SSSR count). The molecule has 0 aromatic heterocycles. The highest BCUT2D eigenvalue weighted by atomic mass is 16.6. The molecule has 138 valence electrons. The summed E-state index contributed by atoms with van der Waals surface area (Å²) in [4.78, 5) is 16.4. The number of hydrogen-bond donors (Lipinski definition) is 1. The molecule has 5 nitrogen and oxygen atoms in total. The number of ether oxygens (including phenoxy) is 1. The third-order valence-corrected chi connectivity index (χ3v) is 5.27. The summed E-state index contributed by atoms with van der Waals surface area (Å²) in [5.74, 6) is 0. The highest BCUT2D eigenvalue weighted by Gasteiger charge is 2.39. The monoisotopic (exact) mass is 345 g/mol. The molecule has 0 bridgehead atoms. The Labute approximate surface area is 151 Å². The second-order valence-electron chi connectivity index (χ2n) is 8.46. The van der Waals surface area contributed by atoms with E-state index < -0.39 is 5.60 Å². The van der Waals surface area contributed by atoms with E-state index in [0.29, 0.717) is 19.1 Å². The van der Waals surface area contributed by atoms with Crippen molar-refractivity contribution in [2.75, 3.05) is 26.2 Å². The van der Waals surface area contributed by atoms with E-state index in [4.69, 9.17) is 10.5 Å². The topological polar surface area (TPSA) is 58.8 Å². The number of rotatable bonds is 3. The molecule has 1 aromatic carbocycles. The van der Waals surface area contributed by atoms with Gasteiger partial charge >= 0.3 is 6.09 Å². The minimum Gasteiger partial charge on any atom is -0.444 e. The van der Waals surface area contributed by atoms with Gasteiger partial charge in [-0.2, -0.15) is 0 Å². The Hall–Kier alpha value is -1.59. The van der Waals surface area contributed by atoms with Crippen LogP contribution in [0.15, 0.2) is 24.3 Å². The predicted octanol–water partition coefficient (Wildman–Crippen LogP) is 3.25. The van der Waals surface area contributed by atoms with Crippen LogP contribution in [0.4, 0.5) is 4.79 Å². The highest BCUT2D eigenvalue weighted by molar-refractivity contribution is 5.68. The van der Waals surface area contributed by atoms with E-state index in [1.54, 1.807) is 0 Å². The third-order valence-electron chi connectivity index (χ3n) is 5.27. The van der Waals surface area contributed by atoms with Gasteiger partial charge in [0, 0.05) is 37.8 Å². The molecule has 0 spiro atoms. The largest absolute Gasteiger partial charge is 0.444 e. The second kappa shape index (κ2) is 6.61. The average Bonchev–Trinajstić information content (AvgIpc) is 3.32. The van der Waals surface area contributed by atoms with Crippen LogP contribution in [0.5, 0.6) is 0 Å². The number of piperazine rings is 1. The normalized spacial score (nSPS) is 21.7. The smallest absolute Gasteiger partial charge is 0.410 e. The number of carbonyl (C=O) groups is 1. The van der Waals surface area contributed by atoms with Crippen LogP contribution in [-0.4, -0.2) is 47.7 Å². The maximum absolute atomic E-state index is 12.2. The zero-order valence-corrected chi connectivity index (χ0v) is 15.9. The SMILES string of the molecule is CC(c1ccc(C2(N)CC2)cc1)N1CCN(C(=O)OC(C)(C)C)CC1. The van der Waals surface area contributed by atoms with Crippen LogP contribution in [0, 0.1) is 0 Å². The van der Waals surface area contributed by atoms with Crippen molar-refractivity contribution in [1.29, 1.82) is 0 Å². The third kappa shape index (κ3) is 4.33.